The maximum atomic E-state index is 13.0. The van der Waals surface area contributed by atoms with Crippen molar-refractivity contribution in [3.63, 3.8) is 0 Å². The molecule has 3 rings (SSSR count). The van der Waals surface area contributed by atoms with E-state index in [-0.39, 0.29) is 17.5 Å². The van der Waals surface area contributed by atoms with Gasteiger partial charge in [-0.25, -0.2) is 8.42 Å². The van der Waals surface area contributed by atoms with Crippen LogP contribution < -0.4 is 5.32 Å². The zero-order chi connectivity index (χ0) is 16.4. The molecule has 0 bridgehead atoms. The summed E-state index contributed by atoms with van der Waals surface area (Å²) < 4.78 is 32.6. The van der Waals surface area contributed by atoms with E-state index in [4.69, 9.17) is 4.42 Å². The third-order valence-electron chi connectivity index (χ3n) is 3.63. The molecule has 1 atom stereocenters. The second kappa shape index (κ2) is 6.46. The number of furan rings is 1. The summed E-state index contributed by atoms with van der Waals surface area (Å²) in [5.74, 6) is -0.333. The molecule has 1 aromatic carbocycles. The van der Waals surface area contributed by atoms with Gasteiger partial charge in [0.05, 0.1) is 10.7 Å². The third kappa shape index (κ3) is 3.06. The van der Waals surface area contributed by atoms with E-state index >= 15 is 0 Å². The quantitative estimate of drug-likeness (QED) is 0.859. The van der Waals surface area contributed by atoms with Gasteiger partial charge in [0.15, 0.2) is 0 Å². The summed E-state index contributed by atoms with van der Waals surface area (Å²) in [5.41, 5.74) is 0.623. The van der Waals surface area contributed by atoms with Gasteiger partial charge < -0.3 is 9.73 Å². The molecule has 1 aliphatic heterocycles. The monoisotopic (exact) mass is 398 g/mol. The SMILES string of the molecule is O=C1NCCCN(S(=O)(=O)c2occc2Br)C1c1ccccc1. The second-order valence-corrected chi connectivity index (χ2v) is 7.77. The Morgan fingerprint density at radius 2 is 1.96 bits per heavy atom. The minimum atomic E-state index is -3.94. The molecule has 1 aromatic heterocycles. The lowest BCUT2D eigenvalue weighted by molar-refractivity contribution is -0.124. The molecule has 1 amide bonds. The summed E-state index contributed by atoms with van der Waals surface area (Å²) in [7, 11) is -3.94. The number of hydrogen-bond donors (Lipinski definition) is 1. The minimum absolute atomic E-state index is 0.187. The van der Waals surface area contributed by atoms with Crippen LogP contribution >= 0.6 is 15.9 Å². The number of carbonyl (C=O) groups excluding carboxylic acids is 1. The lowest BCUT2D eigenvalue weighted by Gasteiger charge is -2.27. The summed E-state index contributed by atoms with van der Waals surface area (Å²) in [5, 5.41) is 2.58. The molecule has 1 unspecified atom stereocenters. The van der Waals surface area contributed by atoms with Crippen molar-refractivity contribution in [2.75, 3.05) is 13.1 Å². The van der Waals surface area contributed by atoms with Crippen molar-refractivity contribution in [3.05, 3.63) is 52.7 Å². The molecular weight excluding hydrogens is 384 g/mol. The first-order chi connectivity index (χ1) is 11.0. The molecule has 2 aromatic rings. The average molecular weight is 399 g/mol. The van der Waals surface area contributed by atoms with E-state index in [1.54, 1.807) is 24.3 Å². The van der Waals surface area contributed by atoms with Gasteiger partial charge >= 0.3 is 0 Å². The standard InChI is InChI=1S/C15H15BrN2O4S/c16-12-7-10-22-15(12)23(20,21)18-9-4-8-17-14(19)13(18)11-5-2-1-3-6-11/h1-3,5-7,10,13H,4,8-9H2,(H,17,19). The van der Waals surface area contributed by atoms with Gasteiger partial charge in [-0.3, -0.25) is 4.79 Å². The van der Waals surface area contributed by atoms with Gasteiger partial charge in [0.1, 0.15) is 6.04 Å². The van der Waals surface area contributed by atoms with E-state index in [1.807, 2.05) is 6.07 Å². The third-order valence-corrected chi connectivity index (χ3v) is 6.32. The molecule has 0 radical (unpaired) electrons. The fourth-order valence-electron chi connectivity index (χ4n) is 2.59. The molecule has 1 saturated heterocycles. The van der Waals surface area contributed by atoms with Crippen molar-refractivity contribution < 1.29 is 17.6 Å². The average Bonchev–Trinajstić information content (AvgIpc) is 2.87. The zero-order valence-electron chi connectivity index (χ0n) is 12.1. The van der Waals surface area contributed by atoms with Crippen molar-refractivity contribution in [1.82, 2.24) is 9.62 Å². The van der Waals surface area contributed by atoms with Crippen LogP contribution in [0.15, 0.2) is 56.6 Å². The number of hydrogen-bond acceptors (Lipinski definition) is 4. The van der Waals surface area contributed by atoms with Crippen molar-refractivity contribution in [1.29, 1.82) is 0 Å². The van der Waals surface area contributed by atoms with Crippen molar-refractivity contribution in [2.24, 2.45) is 0 Å². The number of rotatable bonds is 3. The van der Waals surface area contributed by atoms with Crippen molar-refractivity contribution >= 4 is 31.9 Å². The van der Waals surface area contributed by atoms with Gasteiger partial charge in [-0.2, -0.15) is 4.31 Å². The lowest BCUT2D eigenvalue weighted by atomic mass is 10.1. The van der Waals surface area contributed by atoms with E-state index in [1.165, 1.54) is 16.6 Å². The first-order valence-electron chi connectivity index (χ1n) is 7.09. The minimum Gasteiger partial charge on any atom is -0.451 e. The van der Waals surface area contributed by atoms with Crippen LogP contribution in [-0.4, -0.2) is 31.7 Å². The van der Waals surface area contributed by atoms with Crippen LogP contribution in [0.25, 0.3) is 0 Å². The van der Waals surface area contributed by atoms with E-state index < -0.39 is 16.1 Å². The highest BCUT2D eigenvalue weighted by Crippen LogP contribution is 2.33. The van der Waals surface area contributed by atoms with Crippen LogP contribution in [0.3, 0.4) is 0 Å². The van der Waals surface area contributed by atoms with Crippen LogP contribution in [0.1, 0.15) is 18.0 Å². The number of halogens is 1. The normalized spacial score (nSPS) is 20.0. The van der Waals surface area contributed by atoms with Crippen LogP contribution in [0, 0.1) is 0 Å². The molecule has 1 fully saturated rings. The molecule has 0 spiro atoms. The van der Waals surface area contributed by atoms with Crippen molar-refractivity contribution in [3.8, 4) is 0 Å². The number of nitrogens with zero attached hydrogens (tertiary/aromatic N) is 1. The number of nitrogens with one attached hydrogen (secondary N) is 1. The Balaban J connectivity index is 2.10. The molecule has 23 heavy (non-hydrogen) atoms. The molecule has 0 saturated carbocycles. The summed E-state index contributed by atoms with van der Waals surface area (Å²) in [6.45, 7) is 0.668. The molecule has 122 valence electrons. The van der Waals surface area contributed by atoms with E-state index in [0.29, 0.717) is 23.0 Å². The molecule has 1 N–H and O–H groups in total. The number of benzene rings is 1. The molecule has 6 nitrogen and oxygen atoms in total. The van der Waals surface area contributed by atoms with Gasteiger partial charge in [0.25, 0.3) is 10.0 Å². The summed E-state index contributed by atoms with van der Waals surface area (Å²) in [4.78, 5) is 12.5. The Morgan fingerprint density at radius 1 is 1.22 bits per heavy atom. The highest BCUT2D eigenvalue weighted by molar-refractivity contribution is 9.10. The predicted molar refractivity (Wildman–Crippen MR) is 87.1 cm³/mol. The first kappa shape index (κ1) is 16.2. The van der Waals surface area contributed by atoms with Crippen LogP contribution in [-0.2, 0) is 14.8 Å². The van der Waals surface area contributed by atoms with Gasteiger partial charge in [-0.1, -0.05) is 30.3 Å². The maximum Gasteiger partial charge on any atom is 0.278 e. The highest BCUT2D eigenvalue weighted by Gasteiger charge is 2.40. The van der Waals surface area contributed by atoms with Gasteiger partial charge in [-0.05, 0) is 34.0 Å². The lowest BCUT2D eigenvalue weighted by Crippen LogP contribution is -2.40. The maximum absolute atomic E-state index is 13.0. The predicted octanol–water partition coefficient (Wildman–Crippen LogP) is 2.29. The number of sulfonamides is 1. The highest BCUT2D eigenvalue weighted by atomic mass is 79.9. The summed E-state index contributed by atoms with van der Waals surface area (Å²) in [6, 6.07) is 9.47. The first-order valence-corrected chi connectivity index (χ1v) is 9.32. The van der Waals surface area contributed by atoms with Gasteiger partial charge in [-0.15, -0.1) is 0 Å². The summed E-state index contributed by atoms with van der Waals surface area (Å²) in [6.07, 6.45) is 1.83. The Bertz CT molecular complexity index is 804. The molecule has 0 aliphatic carbocycles. The van der Waals surface area contributed by atoms with Crippen LogP contribution in [0.2, 0.25) is 0 Å². The topological polar surface area (TPSA) is 79.6 Å². The largest absolute Gasteiger partial charge is 0.451 e. The van der Waals surface area contributed by atoms with Gasteiger partial charge in [0.2, 0.25) is 11.0 Å². The Labute approximate surface area is 142 Å². The van der Waals surface area contributed by atoms with Crippen LogP contribution in [0.4, 0.5) is 0 Å². The Kier molecular flexibility index (Phi) is 4.56. The van der Waals surface area contributed by atoms with E-state index in [0.717, 1.165) is 0 Å². The van der Waals surface area contributed by atoms with Crippen LogP contribution in [0.5, 0.6) is 0 Å². The number of carbonyl (C=O) groups is 1. The fraction of sp³-hybridized carbons (Fsp3) is 0.267. The molecular formula is C15H15BrN2O4S. The number of amides is 1. The van der Waals surface area contributed by atoms with Gasteiger partial charge in [0, 0.05) is 13.1 Å². The fourth-order valence-corrected chi connectivity index (χ4v) is 4.97. The smallest absolute Gasteiger partial charge is 0.278 e. The van der Waals surface area contributed by atoms with E-state index in [2.05, 4.69) is 21.2 Å². The van der Waals surface area contributed by atoms with E-state index in [9.17, 15) is 13.2 Å². The molecule has 2 heterocycles. The molecule has 1 aliphatic rings. The zero-order valence-corrected chi connectivity index (χ0v) is 14.5. The van der Waals surface area contributed by atoms with Crippen molar-refractivity contribution in [2.45, 2.75) is 17.6 Å². The Morgan fingerprint density at radius 3 is 2.61 bits per heavy atom. The Hall–Kier alpha value is -1.64. The summed E-state index contributed by atoms with van der Waals surface area (Å²) >= 11 is 3.18. The second-order valence-electron chi connectivity index (χ2n) is 5.13. The molecule has 8 heteroatoms.